The minimum Gasteiger partial charge on any atom is -0.349 e. The van der Waals surface area contributed by atoms with E-state index in [2.05, 4.69) is 15.4 Å². The predicted octanol–water partition coefficient (Wildman–Crippen LogP) is 4.87. The molecule has 1 aromatic heterocycles. The second kappa shape index (κ2) is 12.9. The van der Waals surface area contributed by atoms with Crippen molar-refractivity contribution >= 4 is 46.2 Å². The fourth-order valence-corrected chi connectivity index (χ4v) is 5.02. The smallest absolute Gasteiger partial charge is 0.331 e. The molecule has 0 atom stereocenters. The van der Waals surface area contributed by atoms with Crippen molar-refractivity contribution in [3.8, 4) is 0 Å². The number of benzene rings is 1. The molecule has 204 valence electrons. The zero-order chi connectivity index (χ0) is 27.9. The number of amides is 2. The molecule has 3 heterocycles. The first kappa shape index (κ1) is 29.2. The van der Waals surface area contributed by atoms with Gasteiger partial charge in [0, 0.05) is 37.6 Å². The molecule has 2 aliphatic heterocycles. The summed E-state index contributed by atoms with van der Waals surface area (Å²) in [6.07, 6.45) is 1.64. The Kier molecular flexibility index (Phi) is 9.92. The summed E-state index contributed by atoms with van der Waals surface area (Å²) < 4.78 is 0. The molecule has 2 saturated heterocycles. The van der Waals surface area contributed by atoms with E-state index in [0.717, 1.165) is 16.4 Å². The summed E-state index contributed by atoms with van der Waals surface area (Å²) in [6, 6.07) is 13.4. The van der Waals surface area contributed by atoms with Crippen molar-refractivity contribution in [1.82, 2.24) is 20.1 Å². The van der Waals surface area contributed by atoms with E-state index in [1.54, 1.807) is 38.7 Å². The summed E-state index contributed by atoms with van der Waals surface area (Å²) in [6.45, 7) is 12.0. The average Bonchev–Trinajstić information content (AvgIpc) is 3.26. The van der Waals surface area contributed by atoms with E-state index in [1.807, 2.05) is 71.0 Å². The van der Waals surface area contributed by atoms with Crippen LogP contribution in [0.2, 0.25) is 5.15 Å². The fraction of sp³-hybridized carbons (Fsp3) is 0.440. The number of hydrazone groups is 1. The maximum Gasteiger partial charge on any atom is 0.331 e. The highest BCUT2D eigenvalue weighted by molar-refractivity contribution is 8.14. The number of hydrogen-bond donors (Lipinski definition) is 1. The van der Waals surface area contributed by atoms with Crippen LogP contribution in [0.1, 0.15) is 40.2 Å². The van der Waals surface area contributed by atoms with E-state index in [0.29, 0.717) is 30.7 Å². The summed E-state index contributed by atoms with van der Waals surface area (Å²) in [5.41, 5.74) is 1.66. The lowest BCUT2D eigenvalue weighted by molar-refractivity contribution is -0.485. The lowest BCUT2D eigenvalue weighted by Crippen LogP contribution is -2.53. The van der Waals surface area contributed by atoms with E-state index in [9.17, 15) is 14.9 Å². The Balaban J connectivity index is 0.000000215. The summed E-state index contributed by atoms with van der Waals surface area (Å²) in [5, 5.41) is 17.0. The highest BCUT2D eigenvalue weighted by Crippen LogP contribution is 2.29. The van der Waals surface area contributed by atoms with Crippen molar-refractivity contribution in [3.63, 3.8) is 0 Å². The Morgan fingerprint density at radius 1 is 1.21 bits per heavy atom. The second-order valence-electron chi connectivity index (χ2n) is 9.85. The lowest BCUT2D eigenvalue weighted by atomic mass is 10.1. The van der Waals surface area contributed by atoms with Gasteiger partial charge >= 0.3 is 6.03 Å². The molecule has 38 heavy (non-hydrogen) atoms. The normalized spacial score (nSPS) is 18.1. The van der Waals surface area contributed by atoms with Crippen LogP contribution in [-0.2, 0) is 6.54 Å². The summed E-state index contributed by atoms with van der Waals surface area (Å²) >= 11 is 7.29. The predicted molar refractivity (Wildman–Crippen MR) is 153 cm³/mol. The number of pyridine rings is 1. The number of anilines is 1. The fourth-order valence-electron chi connectivity index (χ4n) is 3.64. The molecule has 0 unspecified atom stereocenters. The number of rotatable bonds is 5. The molecule has 2 fully saturated rings. The van der Waals surface area contributed by atoms with Crippen molar-refractivity contribution in [2.24, 2.45) is 10.1 Å². The Labute approximate surface area is 232 Å². The maximum absolute atomic E-state index is 12.8. The monoisotopic (exact) mass is 560 g/mol. The molecular formula is C25H33ClN8O3S. The number of hydrogen-bond acceptors (Lipinski definition) is 6. The van der Waals surface area contributed by atoms with Crippen LogP contribution < -0.4 is 10.2 Å². The highest BCUT2D eigenvalue weighted by atomic mass is 35.5. The van der Waals surface area contributed by atoms with Crippen molar-refractivity contribution < 1.29 is 9.83 Å². The van der Waals surface area contributed by atoms with E-state index >= 15 is 0 Å². The van der Waals surface area contributed by atoms with Gasteiger partial charge in [-0.25, -0.2) is 19.9 Å². The topological polar surface area (TPSA) is 120 Å². The van der Waals surface area contributed by atoms with Crippen molar-refractivity contribution in [2.75, 3.05) is 23.9 Å². The van der Waals surface area contributed by atoms with E-state index < -0.39 is 5.03 Å². The number of carbonyl (C=O) groups is 1. The largest absolute Gasteiger partial charge is 0.349 e. The number of nitrogens with one attached hydrogen (secondary N) is 1. The van der Waals surface area contributed by atoms with Crippen molar-refractivity contribution in [3.05, 3.63) is 69.5 Å². The Morgan fingerprint density at radius 2 is 1.92 bits per heavy atom. The zero-order valence-electron chi connectivity index (χ0n) is 22.2. The first-order chi connectivity index (χ1) is 17.9. The number of halogens is 1. The molecule has 0 spiro atoms. The van der Waals surface area contributed by atoms with E-state index in [1.165, 1.54) is 0 Å². The Bertz CT molecular complexity index is 1170. The molecule has 2 aliphatic rings. The molecule has 2 aromatic rings. The molecule has 11 nitrogen and oxygen atoms in total. The lowest BCUT2D eigenvalue weighted by Gasteiger charge is -2.38. The molecule has 0 radical (unpaired) electrons. The van der Waals surface area contributed by atoms with Gasteiger partial charge in [0.2, 0.25) is 0 Å². The Morgan fingerprint density at radius 3 is 2.50 bits per heavy atom. The van der Waals surface area contributed by atoms with Crippen LogP contribution in [0, 0.1) is 10.1 Å². The molecular weight excluding hydrogens is 528 g/mol. The summed E-state index contributed by atoms with van der Waals surface area (Å²) in [5.74, 6) is 0.881. The first-order valence-electron chi connectivity index (χ1n) is 12.2. The van der Waals surface area contributed by atoms with Gasteiger partial charge < -0.3 is 10.2 Å². The first-order valence-corrected chi connectivity index (χ1v) is 13.5. The van der Waals surface area contributed by atoms with Crippen LogP contribution >= 0.6 is 23.4 Å². The Hall–Kier alpha value is -3.38. The third-order valence-electron chi connectivity index (χ3n) is 5.28. The number of nitro groups is 1. The van der Waals surface area contributed by atoms with Crippen LogP contribution in [0.15, 0.2) is 58.8 Å². The molecule has 1 aromatic carbocycles. The van der Waals surface area contributed by atoms with Gasteiger partial charge in [0.25, 0.3) is 5.96 Å². The van der Waals surface area contributed by atoms with Gasteiger partial charge in [-0.3, -0.25) is 14.8 Å². The molecule has 2 amide bonds. The van der Waals surface area contributed by atoms with Crippen LogP contribution in [0.5, 0.6) is 0 Å². The standard InChI is InChI=1S/C16H23N3OS.C9H10ClN5O2/c1-12(2)19-14(17-16(3,4)5)21-11-18(15(19)20)13-9-7-6-8-10-13;10-8-2-1-7(5-12-8)6-14-4-3-11-9(14)13-15(16)17/h6-10,12H,11H2,1-5H3;1-2,5H,3-4,6H2,(H,11,13). The van der Waals surface area contributed by atoms with Gasteiger partial charge in [0.1, 0.15) is 10.3 Å². The summed E-state index contributed by atoms with van der Waals surface area (Å²) in [7, 11) is 0. The van der Waals surface area contributed by atoms with Gasteiger partial charge in [-0.15, -0.1) is 0 Å². The number of carbonyl (C=O) groups excluding carboxylic acids is 1. The third kappa shape index (κ3) is 8.32. The number of nitrogens with zero attached hydrogens (tertiary/aromatic N) is 7. The number of guanidine groups is 1. The molecule has 0 bridgehead atoms. The third-order valence-corrected chi connectivity index (χ3v) is 6.44. The van der Waals surface area contributed by atoms with E-state index in [-0.39, 0.29) is 23.6 Å². The summed E-state index contributed by atoms with van der Waals surface area (Å²) in [4.78, 5) is 37.2. The SMILES string of the molecule is CC(C)N1C(=O)N(c2ccccc2)CSC1=NC(C)(C)C.O=[N+]([O-])/N=C1\NCCN1Cc1ccc(Cl)nc1. The molecule has 4 rings (SSSR count). The molecule has 0 aliphatic carbocycles. The van der Waals surface area contributed by atoms with Gasteiger partial charge in [-0.1, -0.05) is 47.6 Å². The van der Waals surface area contributed by atoms with Gasteiger partial charge in [-0.05, 0) is 58.4 Å². The number of thioether (sulfide) groups is 1. The number of para-hydroxylation sites is 1. The zero-order valence-corrected chi connectivity index (χ0v) is 23.7. The van der Waals surface area contributed by atoms with Gasteiger partial charge in [-0.2, -0.15) is 0 Å². The maximum atomic E-state index is 12.8. The minimum atomic E-state index is -0.708. The molecule has 1 N–H and O–H groups in total. The molecule has 13 heteroatoms. The van der Waals surface area contributed by atoms with Gasteiger partial charge in [0.05, 0.1) is 11.4 Å². The van der Waals surface area contributed by atoms with Crippen molar-refractivity contribution in [2.45, 2.75) is 52.7 Å². The van der Waals surface area contributed by atoms with Gasteiger partial charge in [0.15, 0.2) is 10.2 Å². The van der Waals surface area contributed by atoms with Crippen molar-refractivity contribution in [1.29, 1.82) is 0 Å². The number of aliphatic imine (C=N–C) groups is 1. The minimum absolute atomic E-state index is 0.00190. The second-order valence-corrected chi connectivity index (χ2v) is 11.1. The highest BCUT2D eigenvalue weighted by Gasteiger charge is 2.34. The van der Waals surface area contributed by atoms with Crippen LogP contribution in [0.4, 0.5) is 10.5 Å². The number of aromatic nitrogens is 1. The number of urea groups is 1. The average molecular weight is 561 g/mol. The number of amidine groups is 1. The quantitative estimate of drug-likeness (QED) is 0.315. The van der Waals surface area contributed by atoms with E-state index in [4.69, 9.17) is 16.6 Å². The van der Waals surface area contributed by atoms with Crippen LogP contribution in [0.3, 0.4) is 0 Å². The van der Waals surface area contributed by atoms with Crippen LogP contribution in [0.25, 0.3) is 0 Å². The van der Waals surface area contributed by atoms with Crippen LogP contribution in [-0.4, -0.2) is 67.5 Å². The molecule has 0 saturated carbocycles.